The van der Waals surface area contributed by atoms with Crippen molar-refractivity contribution in [3.05, 3.63) is 71.0 Å². The molecule has 0 saturated carbocycles. The van der Waals surface area contributed by atoms with Gasteiger partial charge in [0.05, 0.1) is 0 Å². The number of esters is 1. The van der Waals surface area contributed by atoms with Crippen molar-refractivity contribution in [2.45, 2.75) is 20.8 Å². The summed E-state index contributed by atoms with van der Waals surface area (Å²) in [5.74, 6) is -0.723. The first-order chi connectivity index (χ1) is 13.9. The lowest BCUT2D eigenvalue weighted by Gasteiger charge is -2.10. The molecule has 148 valence electrons. The summed E-state index contributed by atoms with van der Waals surface area (Å²) >= 11 is 0. The Balaban J connectivity index is 1.72. The fourth-order valence-corrected chi connectivity index (χ4v) is 2.82. The summed E-state index contributed by atoms with van der Waals surface area (Å²) in [4.78, 5) is 24.9. The van der Waals surface area contributed by atoms with Gasteiger partial charge in [0.2, 0.25) is 0 Å². The van der Waals surface area contributed by atoms with Gasteiger partial charge in [0.25, 0.3) is 5.91 Å². The lowest BCUT2D eigenvalue weighted by atomic mass is 10.1. The second-order valence-electron chi connectivity index (χ2n) is 6.58. The monoisotopic (exact) mass is 391 g/mol. The quantitative estimate of drug-likeness (QED) is 0.512. The first kappa shape index (κ1) is 19.9. The van der Waals surface area contributed by atoms with Crippen LogP contribution < -0.4 is 5.32 Å². The molecule has 1 aromatic heterocycles. The van der Waals surface area contributed by atoms with Gasteiger partial charge in [0.1, 0.15) is 0 Å². The van der Waals surface area contributed by atoms with Crippen molar-refractivity contribution in [1.29, 1.82) is 0 Å². The Labute approximate surface area is 168 Å². The molecule has 29 heavy (non-hydrogen) atoms. The van der Waals surface area contributed by atoms with Crippen LogP contribution in [0.4, 0.5) is 5.69 Å². The van der Waals surface area contributed by atoms with Crippen molar-refractivity contribution in [1.82, 2.24) is 20.2 Å². The van der Waals surface area contributed by atoms with Crippen LogP contribution in [0.1, 0.15) is 22.5 Å². The maximum atomic E-state index is 12.7. The number of hydrogen-bond acceptors (Lipinski definition) is 6. The third-order valence-electron chi connectivity index (χ3n) is 4.01. The molecule has 0 saturated heterocycles. The van der Waals surface area contributed by atoms with Crippen LogP contribution in [0.25, 0.3) is 11.8 Å². The minimum atomic E-state index is -0.708. The number of amides is 1. The number of rotatable bonds is 6. The number of carbonyl (C=O) groups excluding carboxylic acids is 2. The fourth-order valence-electron chi connectivity index (χ4n) is 2.82. The minimum absolute atomic E-state index is 0.109. The molecule has 8 heteroatoms. The van der Waals surface area contributed by atoms with E-state index in [1.165, 1.54) is 4.68 Å². The summed E-state index contributed by atoms with van der Waals surface area (Å²) in [5, 5.41) is 13.9. The molecule has 1 heterocycles. The predicted molar refractivity (Wildman–Crippen MR) is 109 cm³/mol. The topological polar surface area (TPSA) is 99.0 Å². The average Bonchev–Trinajstić information content (AvgIpc) is 3.10. The molecule has 0 aliphatic heterocycles. The standard InChI is InChI=1S/C21H21N5O3/c1-14-9-15(2)11-18(10-14)22-20(27)13-29-21(28)19(26-16(3)23-24-25-26)12-17-7-5-4-6-8-17/h4-12H,13H2,1-3H3,(H,22,27)/b19-12-. The van der Waals surface area contributed by atoms with Crippen LogP contribution in [0.5, 0.6) is 0 Å². The smallest absolute Gasteiger partial charge is 0.357 e. The molecule has 8 nitrogen and oxygen atoms in total. The van der Waals surface area contributed by atoms with E-state index in [1.807, 2.05) is 62.4 Å². The van der Waals surface area contributed by atoms with E-state index in [2.05, 4.69) is 20.8 Å². The molecule has 0 spiro atoms. The van der Waals surface area contributed by atoms with Crippen molar-refractivity contribution < 1.29 is 14.3 Å². The van der Waals surface area contributed by atoms with E-state index in [1.54, 1.807) is 13.0 Å². The average molecular weight is 391 g/mol. The number of aromatic nitrogens is 4. The maximum absolute atomic E-state index is 12.7. The van der Waals surface area contributed by atoms with Gasteiger partial charge in [-0.25, -0.2) is 4.79 Å². The Bertz CT molecular complexity index is 1040. The third-order valence-corrected chi connectivity index (χ3v) is 4.01. The van der Waals surface area contributed by atoms with E-state index < -0.39 is 18.5 Å². The van der Waals surface area contributed by atoms with E-state index in [0.29, 0.717) is 11.5 Å². The first-order valence-corrected chi connectivity index (χ1v) is 9.00. The van der Waals surface area contributed by atoms with Crippen molar-refractivity contribution in [3.8, 4) is 0 Å². The molecule has 0 radical (unpaired) electrons. The van der Waals surface area contributed by atoms with Crippen LogP contribution in [0.3, 0.4) is 0 Å². The molecule has 2 aromatic carbocycles. The Kier molecular flexibility index (Phi) is 6.13. The van der Waals surface area contributed by atoms with E-state index in [-0.39, 0.29) is 5.70 Å². The lowest BCUT2D eigenvalue weighted by molar-refractivity contribution is -0.141. The zero-order valence-corrected chi connectivity index (χ0v) is 16.4. The van der Waals surface area contributed by atoms with Crippen LogP contribution in [-0.4, -0.2) is 38.7 Å². The Hall–Kier alpha value is -3.81. The first-order valence-electron chi connectivity index (χ1n) is 9.00. The van der Waals surface area contributed by atoms with Crippen molar-refractivity contribution in [2.24, 2.45) is 0 Å². The molecule has 0 unspecified atom stereocenters. The second kappa shape index (κ2) is 8.92. The Morgan fingerprint density at radius 2 is 1.76 bits per heavy atom. The van der Waals surface area contributed by atoms with Gasteiger partial charge in [-0.15, -0.1) is 5.10 Å². The van der Waals surface area contributed by atoms with Gasteiger partial charge in [0, 0.05) is 5.69 Å². The zero-order chi connectivity index (χ0) is 20.8. The number of hydrogen-bond donors (Lipinski definition) is 1. The molecule has 1 N–H and O–H groups in total. The summed E-state index contributed by atoms with van der Waals surface area (Å²) in [7, 11) is 0. The van der Waals surface area contributed by atoms with Crippen LogP contribution in [0.15, 0.2) is 48.5 Å². The molecule has 3 rings (SSSR count). The largest absolute Gasteiger partial charge is 0.451 e. The second-order valence-corrected chi connectivity index (χ2v) is 6.58. The highest BCUT2D eigenvalue weighted by Crippen LogP contribution is 2.15. The highest BCUT2D eigenvalue weighted by molar-refractivity contribution is 6.15. The molecule has 0 aliphatic carbocycles. The summed E-state index contributed by atoms with van der Waals surface area (Å²) in [6.07, 6.45) is 1.60. The van der Waals surface area contributed by atoms with Crippen LogP contribution in [0.2, 0.25) is 0 Å². The van der Waals surface area contributed by atoms with Gasteiger partial charge in [-0.2, -0.15) is 4.68 Å². The van der Waals surface area contributed by atoms with Crippen LogP contribution in [0, 0.1) is 20.8 Å². The van der Waals surface area contributed by atoms with E-state index in [4.69, 9.17) is 4.74 Å². The van der Waals surface area contributed by atoms with Gasteiger partial charge in [0.15, 0.2) is 18.1 Å². The summed E-state index contributed by atoms with van der Waals surface area (Å²) in [6.45, 7) is 5.12. The number of nitrogens with one attached hydrogen (secondary N) is 1. The van der Waals surface area contributed by atoms with Crippen LogP contribution >= 0.6 is 0 Å². The molecule has 0 fully saturated rings. The highest BCUT2D eigenvalue weighted by Gasteiger charge is 2.19. The SMILES string of the molecule is Cc1cc(C)cc(NC(=O)COC(=O)/C(=C/c2ccccc2)n2nnnc2C)c1. The van der Waals surface area contributed by atoms with Crippen molar-refractivity contribution in [2.75, 3.05) is 11.9 Å². The molecule has 3 aromatic rings. The van der Waals surface area contributed by atoms with Gasteiger partial charge in [-0.1, -0.05) is 36.4 Å². The van der Waals surface area contributed by atoms with Gasteiger partial charge >= 0.3 is 5.97 Å². The highest BCUT2D eigenvalue weighted by atomic mass is 16.5. The number of nitrogens with zero attached hydrogens (tertiary/aromatic N) is 4. The van der Waals surface area contributed by atoms with E-state index >= 15 is 0 Å². The molecule has 0 bridgehead atoms. The Morgan fingerprint density at radius 3 is 2.38 bits per heavy atom. The number of benzene rings is 2. The predicted octanol–water partition coefficient (Wildman–Crippen LogP) is 2.78. The molecule has 0 aliphatic rings. The zero-order valence-electron chi connectivity index (χ0n) is 16.4. The summed E-state index contributed by atoms with van der Waals surface area (Å²) < 4.78 is 6.49. The van der Waals surface area contributed by atoms with Gasteiger partial charge < -0.3 is 10.1 Å². The lowest BCUT2D eigenvalue weighted by Crippen LogP contribution is -2.23. The van der Waals surface area contributed by atoms with Crippen molar-refractivity contribution >= 4 is 29.3 Å². The molecular formula is C21H21N5O3. The Morgan fingerprint density at radius 1 is 1.07 bits per heavy atom. The summed E-state index contributed by atoms with van der Waals surface area (Å²) in [5.41, 5.74) is 3.59. The normalized spacial score (nSPS) is 11.2. The van der Waals surface area contributed by atoms with Gasteiger partial charge in [-0.05, 0) is 66.1 Å². The van der Waals surface area contributed by atoms with Gasteiger partial charge in [-0.3, -0.25) is 4.79 Å². The van der Waals surface area contributed by atoms with E-state index in [9.17, 15) is 9.59 Å². The minimum Gasteiger partial charge on any atom is -0.451 e. The molecule has 0 atom stereocenters. The molecule has 1 amide bonds. The third kappa shape index (κ3) is 5.35. The number of ether oxygens (including phenoxy) is 1. The number of tetrazole rings is 1. The molecular weight excluding hydrogens is 370 g/mol. The number of aryl methyl sites for hydroxylation is 3. The number of carbonyl (C=O) groups is 2. The van der Waals surface area contributed by atoms with Crippen molar-refractivity contribution in [3.63, 3.8) is 0 Å². The fraction of sp³-hybridized carbons (Fsp3) is 0.190. The van der Waals surface area contributed by atoms with E-state index in [0.717, 1.165) is 16.7 Å². The maximum Gasteiger partial charge on any atom is 0.357 e. The summed E-state index contributed by atoms with van der Waals surface area (Å²) in [6, 6.07) is 14.9. The number of anilines is 1. The van der Waals surface area contributed by atoms with Crippen LogP contribution in [-0.2, 0) is 14.3 Å².